The number of rotatable bonds is 0. The maximum atomic E-state index is 0. The molecule has 0 amide bonds. The van der Waals surface area contributed by atoms with E-state index in [2.05, 4.69) is 0 Å². The Labute approximate surface area is 143 Å². The molecule has 0 aromatic rings. The first-order chi connectivity index (χ1) is 0. The van der Waals surface area contributed by atoms with E-state index in [4.69, 9.17) is 0 Å². The fraction of sp³-hybridized carbons (Fsp3) is 0. The Morgan fingerprint density at radius 2 is 0.444 bits per heavy atom. The standard InChI is InChI=1S/2Al.3O.2W.2Zr/q2*+3;3*-2;;;;. The van der Waals surface area contributed by atoms with Crippen molar-refractivity contribution in [2.24, 2.45) is 0 Å². The second-order valence-corrected chi connectivity index (χ2v) is 0. The average Bonchev–Trinajstić information content (AvgIpc) is 0. The normalized spacial score (nSPS) is 0. The first-order valence-corrected chi connectivity index (χ1v) is 0. The van der Waals surface area contributed by atoms with E-state index in [9.17, 15) is 0 Å². The summed E-state index contributed by atoms with van der Waals surface area (Å²) in [6.07, 6.45) is 0. The minimum atomic E-state index is 0. The summed E-state index contributed by atoms with van der Waals surface area (Å²) in [5, 5.41) is 0. The van der Waals surface area contributed by atoms with Crippen molar-refractivity contribution in [2.75, 3.05) is 0 Å². The van der Waals surface area contributed by atoms with Gasteiger partial charge in [-0.05, 0) is 0 Å². The molecule has 0 spiro atoms. The molecule has 44 valence electrons. The quantitative estimate of drug-likeness (QED) is 0.297. The van der Waals surface area contributed by atoms with Crippen molar-refractivity contribution in [2.45, 2.75) is 0 Å². The van der Waals surface area contributed by atoms with Crippen molar-refractivity contribution in [3.05, 3.63) is 0 Å². The molecule has 0 aromatic carbocycles. The molecule has 0 aliphatic heterocycles. The molecule has 0 aliphatic rings. The zero-order valence-corrected chi connectivity index (χ0v) is 17.3. The van der Waals surface area contributed by atoms with E-state index in [0.29, 0.717) is 0 Å². The molecular formula is Al2O3W2Zr2. The van der Waals surface area contributed by atoms with Crippen LogP contribution in [0.15, 0.2) is 0 Å². The van der Waals surface area contributed by atoms with Gasteiger partial charge in [0.15, 0.2) is 0 Å². The number of hydrogen-bond donors (Lipinski definition) is 0. The molecule has 0 N–H and O–H groups in total. The summed E-state index contributed by atoms with van der Waals surface area (Å²) >= 11 is 0. The zero-order valence-electron chi connectivity index (χ0n) is 4.20. The van der Waals surface area contributed by atoms with Crippen LogP contribution in [0.5, 0.6) is 0 Å². The second kappa shape index (κ2) is 88.9. The van der Waals surface area contributed by atoms with Gasteiger partial charge in [0.1, 0.15) is 0 Å². The summed E-state index contributed by atoms with van der Waals surface area (Å²) in [5.74, 6) is 0. The Kier molecular flexibility index (Phi) is 1130. The molecule has 0 bridgehead atoms. The molecule has 0 aromatic heterocycles. The smallest absolute Gasteiger partial charge is 2.00 e. The van der Waals surface area contributed by atoms with Crippen LogP contribution in [0.3, 0.4) is 0 Å². The summed E-state index contributed by atoms with van der Waals surface area (Å²) in [6, 6.07) is 0. The Balaban J connectivity index is 0. The summed E-state index contributed by atoms with van der Waals surface area (Å²) in [4.78, 5) is 0. The van der Waals surface area contributed by atoms with Crippen LogP contribution in [-0.2, 0) is 111 Å². The Morgan fingerprint density at radius 1 is 0.444 bits per heavy atom. The van der Waals surface area contributed by atoms with Crippen molar-refractivity contribution in [1.29, 1.82) is 0 Å². The Bertz CT molecular complexity index is 17.8. The summed E-state index contributed by atoms with van der Waals surface area (Å²) < 4.78 is 0. The molecule has 0 saturated carbocycles. The molecule has 0 aliphatic carbocycles. The minimum absolute atomic E-state index is 0. The first-order valence-electron chi connectivity index (χ1n) is 0. The first kappa shape index (κ1) is 114. The predicted molar refractivity (Wildman–Crippen MR) is 13.6 cm³/mol. The molecule has 0 rings (SSSR count). The van der Waals surface area contributed by atoms with Gasteiger partial charge in [0.2, 0.25) is 0 Å². The van der Waals surface area contributed by atoms with Crippen LogP contribution in [0.25, 0.3) is 0 Å². The molecular weight excluding hydrogens is 652 g/mol. The van der Waals surface area contributed by atoms with Gasteiger partial charge in [0.25, 0.3) is 0 Å². The summed E-state index contributed by atoms with van der Waals surface area (Å²) in [7, 11) is 0. The van der Waals surface area contributed by atoms with Crippen molar-refractivity contribution in [3.8, 4) is 0 Å². The van der Waals surface area contributed by atoms with E-state index in [-0.39, 0.29) is 146 Å². The largest absolute Gasteiger partial charge is 3.00 e. The summed E-state index contributed by atoms with van der Waals surface area (Å²) in [6.45, 7) is 0. The number of hydrogen-bond acceptors (Lipinski definition) is 0. The van der Waals surface area contributed by atoms with E-state index < -0.39 is 0 Å². The van der Waals surface area contributed by atoms with E-state index >= 15 is 0 Å². The van der Waals surface area contributed by atoms with Crippen LogP contribution >= 0.6 is 0 Å². The van der Waals surface area contributed by atoms with Crippen LogP contribution in [0, 0.1) is 0 Å². The van der Waals surface area contributed by atoms with E-state index in [1.54, 1.807) is 0 Å². The van der Waals surface area contributed by atoms with Gasteiger partial charge in [-0.15, -0.1) is 0 Å². The zero-order chi connectivity index (χ0) is 0. The molecule has 9 heavy (non-hydrogen) atoms. The van der Waals surface area contributed by atoms with Crippen LogP contribution in [0.4, 0.5) is 0 Å². The van der Waals surface area contributed by atoms with Crippen LogP contribution in [0.2, 0.25) is 0 Å². The van der Waals surface area contributed by atoms with Crippen molar-refractivity contribution in [3.63, 3.8) is 0 Å². The van der Waals surface area contributed by atoms with E-state index in [0.717, 1.165) is 0 Å². The fourth-order valence-electron chi connectivity index (χ4n) is 0. The van der Waals surface area contributed by atoms with E-state index in [1.165, 1.54) is 0 Å². The third kappa shape index (κ3) is 73.6. The topological polar surface area (TPSA) is 85.5 Å². The van der Waals surface area contributed by atoms with Gasteiger partial charge in [-0.2, -0.15) is 0 Å². The molecule has 0 atom stereocenters. The molecule has 0 fully saturated rings. The molecule has 9 heteroatoms. The maximum Gasteiger partial charge on any atom is 3.00 e. The van der Waals surface area contributed by atoms with Crippen LogP contribution in [-0.4, -0.2) is 34.7 Å². The molecule has 3 nitrogen and oxygen atoms in total. The van der Waals surface area contributed by atoms with Gasteiger partial charge in [-0.1, -0.05) is 0 Å². The minimum Gasteiger partial charge on any atom is -2.00 e. The average molecular weight is 652 g/mol. The van der Waals surface area contributed by atoms with Gasteiger partial charge < -0.3 is 16.4 Å². The second-order valence-electron chi connectivity index (χ2n) is 0. The van der Waals surface area contributed by atoms with Gasteiger partial charge in [0.05, 0.1) is 0 Å². The molecule has 0 heterocycles. The van der Waals surface area contributed by atoms with Crippen molar-refractivity contribution < 1.29 is 111 Å². The van der Waals surface area contributed by atoms with Crippen LogP contribution in [0.1, 0.15) is 0 Å². The molecule has 0 radical (unpaired) electrons. The third-order valence-corrected chi connectivity index (χ3v) is 0. The molecule has 0 saturated heterocycles. The van der Waals surface area contributed by atoms with Gasteiger partial charge in [0, 0.05) is 94.5 Å². The monoisotopic (exact) mass is 650 g/mol. The van der Waals surface area contributed by atoms with Crippen molar-refractivity contribution in [1.82, 2.24) is 0 Å². The van der Waals surface area contributed by atoms with Crippen LogP contribution < -0.4 is 0 Å². The van der Waals surface area contributed by atoms with E-state index in [1.807, 2.05) is 0 Å². The Morgan fingerprint density at radius 3 is 0.444 bits per heavy atom. The summed E-state index contributed by atoms with van der Waals surface area (Å²) in [5.41, 5.74) is 0. The van der Waals surface area contributed by atoms with Gasteiger partial charge >= 0.3 is 34.7 Å². The third-order valence-electron chi connectivity index (χ3n) is 0. The maximum absolute atomic E-state index is 0. The Hall–Kier alpha value is 4.09. The fourth-order valence-corrected chi connectivity index (χ4v) is 0. The van der Waals surface area contributed by atoms with Gasteiger partial charge in [-0.3, -0.25) is 0 Å². The predicted octanol–water partition coefficient (Wildman–Crippen LogP) is -1.13. The van der Waals surface area contributed by atoms with Crippen molar-refractivity contribution >= 4 is 34.7 Å². The SMILES string of the molecule is [Al+3].[Al+3].[O-2].[O-2].[O-2].[W].[W].[Zr].[Zr]. The molecule has 0 unspecified atom stereocenters. The van der Waals surface area contributed by atoms with Gasteiger partial charge in [-0.25, -0.2) is 0 Å².